The molecule has 26 heavy (non-hydrogen) atoms. The van der Waals surface area contributed by atoms with Gasteiger partial charge in [-0.25, -0.2) is 4.79 Å². The normalized spacial score (nSPS) is 12.2. The van der Waals surface area contributed by atoms with E-state index in [1.165, 1.54) is 6.07 Å². The first-order valence-corrected chi connectivity index (χ1v) is 8.96. The molecule has 142 valence electrons. The molecule has 7 heteroatoms. The molecular weight excluding hydrogens is 334 g/mol. The van der Waals surface area contributed by atoms with Crippen LogP contribution in [0.15, 0.2) is 35.0 Å². The number of esters is 1. The number of hydrogen-bond acceptors (Lipinski definition) is 5. The molecule has 1 atom stereocenters. The molecule has 0 aliphatic heterocycles. The molecule has 0 saturated carbocycles. The number of hydrogen-bond donors (Lipinski definition) is 1. The van der Waals surface area contributed by atoms with Crippen molar-refractivity contribution in [3.8, 4) is 0 Å². The zero-order valence-corrected chi connectivity index (χ0v) is 15.6. The van der Waals surface area contributed by atoms with E-state index in [1.54, 1.807) is 29.2 Å². The first-order valence-electron chi connectivity index (χ1n) is 8.96. The van der Waals surface area contributed by atoms with Gasteiger partial charge in [0.25, 0.3) is 5.91 Å². The van der Waals surface area contributed by atoms with Gasteiger partial charge in [-0.3, -0.25) is 9.48 Å². The quantitative estimate of drug-likeness (QED) is 0.657. The van der Waals surface area contributed by atoms with Gasteiger partial charge in [0.1, 0.15) is 5.76 Å². The number of nitrogens with one attached hydrogen (secondary N) is 1. The minimum Gasteiger partial charge on any atom is -0.452 e. The average molecular weight is 361 g/mol. The number of nitrogens with zero attached hydrogens (tertiary/aromatic N) is 2. The van der Waals surface area contributed by atoms with Crippen LogP contribution in [-0.2, 0) is 16.1 Å². The summed E-state index contributed by atoms with van der Waals surface area (Å²) in [6.07, 6.45) is 6.57. The number of ether oxygens (including phenoxy) is 1. The Balaban J connectivity index is 1.70. The molecule has 0 radical (unpaired) electrons. The third kappa shape index (κ3) is 6.74. The standard InChI is InChI=1S/C19H27N3O4/c1-14(2)6-4-7-15(3)21-18(23)13-25-19(24)17-9-8-16(26-17)12-22-11-5-10-20-22/h5,8-11,14-15H,4,6-7,12-13H2,1-3H3,(H,21,23). The Morgan fingerprint density at radius 1 is 1.27 bits per heavy atom. The summed E-state index contributed by atoms with van der Waals surface area (Å²) in [6, 6.07) is 5.09. The highest BCUT2D eigenvalue weighted by atomic mass is 16.5. The molecule has 0 fully saturated rings. The first-order chi connectivity index (χ1) is 12.4. The highest BCUT2D eigenvalue weighted by Crippen LogP contribution is 2.11. The second-order valence-corrected chi connectivity index (χ2v) is 6.84. The molecule has 1 unspecified atom stereocenters. The predicted octanol–water partition coefficient (Wildman–Crippen LogP) is 3.01. The van der Waals surface area contributed by atoms with Gasteiger partial charge in [0.15, 0.2) is 6.61 Å². The molecule has 1 N–H and O–H groups in total. The maximum atomic E-state index is 12.0. The van der Waals surface area contributed by atoms with Gasteiger partial charge in [0.2, 0.25) is 5.76 Å². The van der Waals surface area contributed by atoms with Gasteiger partial charge in [-0.15, -0.1) is 0 Å². The molecule has 2 rings (SSSR count). The summed E-state index contributed by atoms with van der Waals surface area (Å²) >= 11 is 0. The average Bonchev–Trinajstić information content (AvgIpc) is 3.24. The summed E-state index contributed by atoms with van der Waals surface area (Å²) in [5.41, 5.74) is 0. The Hall–Kier alpha value is -2.57. The van der Waals surface area contributed by atoms with Gasteiger partial charge in [-0.2, -0.15) is 5.10 Å². The number of aromatic nitrogens is 2. The van der Waals surface area contributed by atoms with E-state index in [4.69, 9.17) is 9.15 Å². The van der Waals surface area contributed by atoms with Crippen LogP contribution in [0.5, 0.6) is 0 Å². The smallest absolute Gasteiger partial charge is 0.374 e. The fourth-order valence-electron chi connectivity index (χ4n) is 2.55. The third-order valence-corrected chi connectivity index (χ3v) is 3.90. The molecule has 2 heterocycles. The minimum absolute atomic E-state index is 0.0595. The number of rotatable bonds is 10. The highest BCUT2D eigenvalue weighted by molar-refractivity contribution is 5.88. The van der Waals surface area contributed by atoms with Crippen LogP contribution >= 0.6 is 0 Å². The molecule has 2 aromatic rings. The van der Waals surface area contributed by atoms with Crippen LogP contribution in [0.25, 0.3) is 0 Å². The van der Waals surface area contributed by atoms with Crippen LogP contribution in [-0.4, -0.2) is 34.3 Å². The fraction of sp³-hybridized carbons (Fsp3) is 0.526. The van der Waals surface area contributed by atoms with E-state index in [0.717, 1.165) is 19.3 Å². The van der Waals surface area contributed by atoms with E-state index in [9.17, 15) is 9.59 Å². The summed E-state index contributed by atoms with van der Waals surface area (Å²) < 4.78 is 12.1. The third-order valence-electron chi connectivity index (χ3n) is 3.90. The van der Waals surface area contributed by atoms with Crippen molar-refractivity contribution in [1.29, 1.82) is 0 Å². The van der Waals surface area contributed by atoms with Crippen molar-refractivity contribution in [2.24, 2.45) is 5.92 Å². The predicted molar refractivity (Wildman–Crippen MR) is 96.6 cm³/mol. The second-order valence-electron chi connectivity index (χ2n) is 6.84. The largest absolute Gasteiger partial charge is 0.452 e. The van der Waals surface area contributed by atoms with Crippen LogP contribution in [0.4, 0.5) is 0 Å². The number of carbonyl (C=O) groups excluding carboxylic acids is 2. The van der Waals surface area contributed by atoms with Gasteiger partial charge in [-0.05, 0) is 37.5 Å². The summed E-state index contributed by atoms with van der Waals surface area (Å²) in [5.74, 6) is 0.359. The lowest BCUT2D eigenvalue weighted by Gasteiger charge is -2.14. The van der Waals surface area contributed by atoms with Crippen molar-refractivity contribution in [3.63, 3.8) is 0 Å². The van der Waals surface area contributed by atoms with Crippen LogP contribution < -0.4 is 5.32 Å². The van der Waals surface area contributed by atoms with Crippen LogP contribution in [0.3, 0.4) is 0 Å². The topological polar surface area (TPSA) is 86.4 Å². The Morgan fingerprint density at radius 3 is 2.77 bits per heavy atom. The maximum Gasteiger partial charge on any atom is 0.374 e. The lowest BCUT2D eigenvalue weighted by atomic mass is 10.0. The van der Waals surface area contributed by atoms with E-state index in [1.807, 2.05) is 6.92 Å². The van der Waals surface area contributed by atoms with Crippen LogP contribution in [0, 0.1) is 5.92 Å². The molecule has 0 spiro atoms. The zero-order chi connectivity index (χ0) is 18.9. The van der Waals surface area contributed by atoms with Crippen molar-refractivity contribution in [1.82, 2.24) is 15.1 Å². The maximum absolute atomic E-state index is 12.0. The van der Waals surface area contributed by atoms with Crippen molar-refractivity contribution < 1.29 is 18.7 Å². The molecule has 0 aliphatic rings. The molecule has 0 aliphatic carbocycles. The molecule has 0 aromatic carbocycles. The van der Waals surface area contributed by atoms with Crippen molar-refractivity contribution in [2.45, 2.75) is 52.6 Å². The van der Waals surface area contributed by atoms with Gasteiger partial charge in [-0.1, -0.05) is 26.7 Å². The summed E-state index contributed by atoms with van der Waals surface area (Å²) in [4.78, 5) is 23.9. The molecule has 1 amide bonds. The molecule has 0 bridgehead atoms. The van der Waals surface area contributed by atoms with Crippen molar-refractivity contribution in [3.05, 3.63) is 42.1 Å². The van der Waals surface area contributed by atoms with Crippen molar-refractivity contribution in [2.75, 3.05) is 6.61 Å². The van der Waals surface area contributed by atoms with Gasteiger partial charge in [0.05, 0.1) is 6.54 Å². The minimum atomic E-state index is -0.653. The monoisotopic (exact) mass is 361 g/mol. The molecular formula is C19H27N3O4. The summed E-state index contributed by atoms with van der Waals surface area (Å²) in [6.45, 7) is 6.42. The Kier molecular flexibility index (Phi) is 7.44. The van der Waals surface area contributed by atoms with Crippen molar-refractivity contribution >= 4 is 11.9 Å². The van der Waals surface area contributed by atoms with E-state index >= 15 is 0 Å². The van der Waals surface area contributed by atoms with Crippen LogP contribution in [0.1, 0.15) is 56.3 Å². The SMILES string of the molecule is CC(C)CCCC(C)NC(=O)COC(=O)c1ccc(Cn2cccn2)o1. The second kappa shape index (κ2) is 9.79. The molecule has 2 aromatic heterocycles. The van der Waals surface area contributed by atoms with Gasteiger partial charge in [0, 0.05) is 18.4 Å². The number of furan rings is 1. The number of carbonyl (C=O) groups is 2. The van der Waals surface area contributed by atoms with Gasteiger partial charge < -0.3 is 14.5 Å². The number of amides is 1. The Labute approximate surface area is 153 Å². The highest BCUT2D eigenvalue weighted by Gasteiger charge is 2.16. The lowest BCUT2D eigenvalue weighted by Crippen LogP contribution is -2.35. The van der Waals surface area contributed by atoms with Gasteiger partial charge >= 0.3 is 5.97 Å². The van der Waals surface area contributed by atoms with Crippen LogP contribution in [0.2, 0.25) is 0 Å². The van der Waals surface area contributed by atoms with E-state index < -0.39 is 5.97 Å². The lowest BCUT2D eigenvalue weighted by molar-refractivity contribution is -0.124. The Bertz CT molecular complexity index is 691. The Morgan fingerprint density at radius 2 is 2.08 bits per heavy atom. The van der Waals surface area contributed by atoms with E-state index in [-0.39, 0.29) is 24.3 Å². The summed E-state index contributed by atoms with van der Waals surface area (Å²) in [5, 5.41) is 6.91. The molecule has 0 saturated heterocycles. The molecule has 7 nitrogen and oxygen atoms in total. The summed E-state index contributed by atoms with van der Waals surface area (Å²) in [7, 11) is 0. The fourth-order valence-corrected chi connectivity index (χ4v) is 2.55. The van der Waals surface area contributed by atoms with E-state index in [0.29, 0.717) is 18.2 Å². The zero-order valence-electron chi connectivity index (χ0n) is 15.6. The first kappa shape index (κ1) is 19.8. The van der Waals surface area contributed by atoms with E-state index in [2.05, 4.69) is 24.3 Å².